The molecule has 11 heteroatoms. The van der Waals surface area contributed by atoms with Gasteiger partial charge >= 0.3 is 0 Å². The number of hydrogen-bond donors (Lipinski definition) is 1. The van der Waals surface area contributed by atoms with E-state index in [9.17, 15) is 10.1 Å². The van der Waals surface area contributed by atoms with Crippen molar-refractivity contribution in [2.45, 2.75) is 51.1 Å². The number of nitrogens with two attached hydrogens (primary N) is 1. The molecule has 3 saturated heterocycles. The monoisotopic (exact) mass is 660 g/mol. The molecule has 3 aliphatic rings. The lowest BCUT2D eigenvalue weighted by atomic mass is 9.94. The van der Waals surface area contributed by atoms with Gasteiger partial charge in [0.05, 0.1) is 19.3 Å². The minimum Gasteiger partial charge on any atom is -0.457 e. The second-order valence-corrected chi connectivity index (χ2v) is 13.9. The van der Waals surface area contributed by atoms with Gasteiger partial charge in [0.1, 0.15) is 46.0 Å². The lowest BCUT2D eigenvalue weighted by molar-refractivity contribution is -0.128. The van der Waals surface area contributed by atoms with Gasteiger partial charge in [-0.2, -0.15) is 5.26 Å². The quantitative estimate of drug-likeness (QED) is 0.205. The Bertz CT molecular complexity index is 1900. The summed E-state index contributed by atoms with van der Waals surface area (Å²) in [5.74, 6) is 2.46. The molecule has 1 amide bonds. The molecule has 7 rings (SSSR count). The third kappa shape index (κ3) is 6.64. The van der Waals surface area contributed by atoms with Crippen molar-refractivity contribution in [2.24, 2.45) is 0 Å². The van der Waals surface area contributed by atoms with Crippen molar-refractivity contribution in [1.82, 2.24) is 29.1 Å². The first-order valence-corrected chi connectivity index (χ1v) is 17.2. The number of piperidine rings is 1. The summed E-state index contributed by atoms with van der Waals surface area (Å²) in [5.41, 5.74) is 9.66. The number of imidazole rings is 1. The van der Waals surface area contributed by atoms with Gasteiger partial charge in [0, 0.05) is 68.7 Å². The summed E-state index contributed by atoms with van der Waals surface area (Å²) in [6.45, 7) is 12.6. The number of carbonyl (C=O) groups excluding carboxylic acids is 1. The predicted molar refractivity (Wildman–Crippen MR) is 188 cm³/mol. The minimum atomic E-state index is -0.434. The summed E-state index contributed by atoms with van der Waals surface area (Å²) in [7, 11) is 0. The Kier molecular flexibility index (Phi) is 9.11. The molecule has 1 atom stereocenters. The molecule has 0 radical (unpaired) electrons. The number of aromatic nitrogens is 3. The second kappa shape index (κ2) is 13.6. The maximum absolute atomic E-state index is 13.9. The fraction of sp³-hybridized carbons (Fsp3) is 0.421. The number of nitrogens with zero attached hydrogens (tertiary/aromatic N) is 7. The molecule has 4 aromatic rings. The van der Waals surface area contributed by atoms with E-state index in [2.05, 4.69) is 34.7 Å². The Morgan fingerprint density at radius 2 is 1.86 bits per heavy atom. The van der Waals surface area contributed by atoms with Crippen LogP contribution in [0.1, 0.15) is 44.0 Å². The third-order valence-electron chi connectivity index (χ3n) is 10.2. The molecular formula is C38H44N8O3. The molecule has 3 aliphatic heterocycles. The number of fused-ring (bicyclic) bond motifs is 1. The molecule has 0 spiro atoms. The summed E-state index contributed by atoms with van der Waals surface area (Å²) in [5, 5.41) is 10.2. The Balaban J connectivity index is 1.11. The number of anilines is 1. The highest BCUT2D eigenvalue weighted by atomic mass is 16.5. The Morgan fingerprint density at radius 3 is 2.55 bits per heavy atom. The third-order valence-corrected chi connectivity index (χ3v) is 10.2. The maximum atomic E-state index is 13.9. The van der Waals surface area contributed by atoms with Gasteiger partial charge < -0.3 is 20.1 Å². The zero-order chi connectivity index (χ0) is 34.1. The van der Waals surface area contributed by atoms with Crippen LogP contribution in [0, 0.1) is 18.3 Å². The van der Waals surface area contributed by atoms with Crippen LogP contribution in [0.3, 0.4) is 0 Å². The molecule has 254 valence electrons. The van der Waals surface area contributed by atoms with Crippen LogP contribution >= 0.6 is 0 Å². The van der Waals surface area contributed by atoms with E-state index in [0.29, 0.717) is 24.9 Å². The fourth-order valence-electron chi connectivity index (χ4n) is 7.38. The standard InChI is InChI=1S/C38H44N8O3/c1-26-20-31(49-30-9-5-4-6-10-30)11-12-32(26)33-34-35(40)41-13-15-46(34)36(42-33)27-8-7-14-44(23-27)37(47)28(22-39)21-38(2,3)45-18-16-43(17-19-45)29-24-48-25-29/h4-6,9-13,15,20-21,27,29H,7-8,14,16-19,23-25H2,1-3H3,(H2,40,41)/b28-21-/t27-/m1/s1. The van der Waals surface area contributed by atoms with Crippen LogP contribution in [-0.2, 0) is 9.53 Å². The van der Waals surface area contributed by atoms with Gasteiger partial charge in [-0.25, -0.2) is 9.97 Å². The number of likely N-dealkylation sites (tertiary alicyclic amines) is 1. The number of nitriles is 1. The van der Waals surface area contributed by atoms with Crippen molar-refractivity contribution in [3.8, 4) is 28.8 Å². The number of para-hydroxylation sites is 1. The fourth-order valence-corrected chi connectivity index (χ4v) is 7.38. The summed E-state index contributed by atoms with van der Waals surface area (Å²) in [6.07, 6.45) is 7.11. The van der Waals surface area contributed by atoms with E-state index in [1.807, 2.05) is 77.0 Å². The van der Waals surface area contributed by atoms with Crippen molar-refractivity contribution in [3.63, 3.8) is 0 Å². The highest BCUT2D eigenvalue weighted by Crippen LogP contribution is 2.37. The van der Waals surface area contributed by atoms with Gasteiger partial charge in [-0.15, -0.1) is 0 Å². The van der Waals surface area contributed by atoms with Crippen molar-refractivity contribution < 1.29 is 14.3 Å². The topological polar surface area (TPSA) is 125 Å². The largest absolute Gasteiger partial charge is 0.457 e. The normalized spacial score (nSPS) is 19.8. The number of aryl methyl sites for hydroxylation is 1. The number of ether oxygens (including phenoxy) is 2. The van der Waals surface area contributed by atoms with Gasteiger partial charge in [0.15, 0.2) is 0 Å². The number of hydrogen-bond acceptors (Lipinski definition) is 9. The molecular weight excluding hydrogens is 616 g/mol. The molecule has 11 nitrogen and oxygen atoms in total. The predicted octanol–water partition coefficient (Wildman–Crippen LogP) is 5.03. The van der Waals surface area contributed by atoms with Crippen LogP contribution in [0.4, 0.5) is 5.82 Å². The highest BCUT2D eigenvalue weighted by Gasteiger charge is 2.35. The smallest absolute Gasteiger partial charge is 0.264 e. The molecule has 0 unspecified atom stereocenters. The van der Waals surface area contributed by atoms with E-state index in [1.165, 1.54) is 0 Å². The molecule has 49 heavy (non-hydrogen) atoms. The Hall–Kier alpha value is -4.76. The van der Waals surface area contributed by atoms with Gasteiger partial charge in [0.2, 0.25) is 0 Å². The van der Waals surface area contributed by atoms with E-state index in [4.69, 9.17) is 20.2 Å². The Morgan fingerprint density at radius 1 is 1.08 bits per heavy atom. The number of carbonyl (C=O) groups is 1. The van der Waals surface area contributed by atoms with Crippen molar-refractivity contribution in [3.05, 3.63) is 84.0 Å². The van der Waals surface area contributed by atoms with Crippen molar-refractivity contribution in [2.75, 3.05) is 58.2 Å². The zero-order valence-electron chi connectivity index (χ0n) is 28.5. The van der Waals surface area contributed by atoms with Gasteiger partial charge in [0.25, 0.3) is 5.91 Å². The minimum absolute atomic E-state index is 0.0433. The molecule has 0 bridgehead atoms. The first-order valence-electron chi connectivity index (χ1n) is 17.2. The molecule has 5 heterocycles. The van der Waals surface area contributed by atoms with Crippen LogP contribution in [-0.4, -0.2) is 99.0 Å². The van der Waals surface area contributed by atoms with E-state index >= 15 is 0 Å². The highest BCUT2D eigenvalue weighted by molar-refractivity contribution is 5.97. The molecule has 2 N–H and O–H groups in total. The van der Waals surface area contributed by atoms with Crippen LogP contribution in [0.25, 0.3) is 16.8 Å². The zero-order valence-corrected chi connectivity index (χ0v) is 28.5. The van der Waals surface area contributed by atoms with E-state index in [-0.39, 0.29) is 17.4 Å². The average Bonchev–Trinajstić information content (AvgIpc) is 3.48. The number of nitrogen functional groups attached to an aromatic ring is 1. The summed E-state index contributed by atoms with van der Waals surface area (Å²) in [6, 6.07) is 18.4. The van der Waals surface area contributed by atoms with Crippen LogP contribution in [0.2, 0.25) is 0 Å². The van der Waals surface area contributed by atoms with Crippen molar-refractivity contribution in [1.29, 1.82) is 5.26 Å². The first kappa shape index (κ1) is 32.8. The summed E-state index contributed by atoms with van der Waals surface area (Å²) in [4.78, 5) is 30.2. The number of piperazine rings is 1. The first-order chi connectivity index (χ1) is 23.7. The SMILES string of the molecule is Cc1cc(Oc2ccccc2)ccc1-c1nc([C@@H]2CCCN(C(=O)/C(C#N)=C\C(C)(C)N3CCN(C4COC4)CC3)C2)n2ccnc(N)c12. The van der Waals surface area contributed by atoms with E-state index in [1.54, 1.807) is 6.20 Å². The van der Waals surface area contributed by atoms with E-state index < -0.39 is 5.54 Å². The second-order valence-electron chi connectivity index (χ2n) is 13.9. The van der Waals surface area contributed by atoms with Gasteiger partial charge in [-0.1, -0.05) is 18.2 Å². The Labute approximate surface area is 287 Å². The lowest BCUT2D eigenvalue weighted by Gasteiger charge is -2.46. The van der Waals surface area contributed by atoms with Crippen LogP contribution in [0.5, 0.6) is 11.5 Å². The molecule has 2 aromatic heterocycles. The summed E-state index contributed by atoms with van der Waals surface area (Å²) >= 11 is 0. The van der Waals surface area contributed by atoms with Gasteiger partial charge in [-0.05, 0) is 75.6 Å². The molecule has 2 aromatic carbocycles. The van der Waals surface area contributed by atoms with Crippen LogP contribution < -0.4 is 10.5 Å². The molecule has 0 aliphatic carbocycles. The number of rotatable bonds is 8. The summed E-state index contributed by atoms with van der Waals surface area (Å²) < 4.78 is 13.5. The number of amides is 1. The molecule has 3 fully saturated rings. The molecule has 0 saturated carbocycles. The lowest BCUT2D eigenvalue weighted by Crippen LogP contribution is -2.59. The maximum Gasteiger partial charge on any atom is 0.264 e. The van der Waals surface area contributed by atoms with Gasteiger partial charge in [-0.3, -0.25) is 19.0 Å². The number of benzene rings is 2. The van der Waals surface area contributed by atoms with Crippen molar-refractivity contribution >= 4 is 17.2 Å². The van der Waals surface area contributed by atoms with Crippen LogP contribution in [0.15, 0.2) is 72.6 Å². The average molecular weight is 661 g/mol. The van der Waals surface area contributed by atoms with E-state index in [0.717, 1.165) is 91.9 Å².